The molecule has 0 fully saturated rings. The van der Waals surface area contributed by atoms with Gasteiger partial charge in [0.15, 0.2) is 0 Å². The van der Waals surface area contributed by atoms with Crippen LogP contribution in [0.25, 0.3) is 0 Å². The van der Waals surface area contributed by atoms with E-state index in [0.29, 0.717) is 18.2 Å². The molecule has 0 N–H and O–H groups in total. The minimum Gasteiger partial charge on any atom is -0.726 e. The number of likely N-dealkylation sites (N-methyl/N-ethyl adjacent to an activating group) is 1. The highest BCUT2D eigenvalue weighted by Crippen LogP contribution is 2.21. The van der Waals surface area contributed by atoms with E-state index in [-0.39, 0.29) is 20.6 Å². The largest absolute Gasteiger partial charge is 0.726 e. The maximum atomic E-state index is 10.4. The molecule has 10 nitrogen and oxygen atoms in total. The summed E-state index contributed by atoms with van der Waals surface area (Å²) >= 11 is 0. The molecule has 0 amide bonds. The van der Waals surface area contributed by atoms with Crippen molar-refractivity contribution in [3.05, 3.63) is 38.0 Å². The van der Waals surface area contributed by atoms with Crippen LogP contribution in [0.1, 0.15) is 6.92 Å². The highest BCUT2D eigenvalue weighted by atomic mass is 32.3. The molecule has 0 bridgehead atoms. The smallest absolute Gasteiger partial charge is 0.269 e. The molecule has 1 aromatic heterocycles. The van der Waals surface area contributed by atoms with Crippen LogP contribution in [0, 0.1) is 7.43 Å². The fourth-order valence-corrected chi connectivity index (χ4v) is 2.20. The zero-order valence-corrected chi connectivity index (χ0v) is 15.0. The normalized spacial score (nSPS) is 11.5. The monoisotopic (exact) mass is 368 g/mol. The molecule has 0 saturated heterocycles. The summed E-state index contributed by atoms with van der Waals surface area (Å²) in [5.41, 5.74) is 1.48. The molecule has 2 rings (SSSR count). The van der Waals surface area contributed by atoms with Crippen molar-refractivity contribution in [1.82, 2.24) is 14.8 Å². The summed E-state index contributed by atoms with van der Waals surface area (Å²) in [5, 5.41) is 15.6. The number of hydrogen-bond acceptors (Lipinski definition) is 9. The van der Waals surface area contributed by atoms with Gasteiger partial charge in [-0.05, 0) is 31.2 Å². The van der Waals surface area contributed by atoms with Crippen molar-refractivity contribution in [2.45, 2.75) is 6.92 Å². The first-order valence-corrected chi connectivity index (χ1v) is 8.43. The molecule has 0 unspecified atom stereocenters. The Morgan fingerprint density at radius 2 is 1.96 bits per heavy atom. The summed E-state index contributed by atoms with van der Waals surface area (Å²) in [5.74, 6) is 0.394. The Labute approximate surface area is 147 Å². The van der Waals surface area contributed by atoms with Gasteiger partial charge in [0.25, 0.3) is 5.95 Å². The van der Waals surface area contributed by atoms with Gasteiger partial charge in [-0.15, -0.1) is 20.4 Å². The van der Waals surface area contributed by atoms with Gasteiger partial charge in [0.2, 0.25) is 10.4 Å². The lowest BCUT2D eigenvalue weighted by Gasteiger charge is -2.23. The summed E-state index contributed by atoms with van der Waals surface area (Å²) in [7, 11) is -2.90. The van der Waals surface area contributed by atoms with E-state index in [4.69, 9.17) is 0 Å². The molecule has 11 heteroatoms. The van der Waals surface area contributed by atoms with E-state index in [1.165, 1.54) is 6.33 Å². The summed E-state index contributed by atoms with van der Waals surface area (Å²) in [6.07, 6.45) is 1.53. The van der Waals surface area contributed by atoms with Crippen molar-refractivity contribution in [2.24, 2.45) is 17.3 Å². The Kier molecular flexibility index (Phi) is 7.48. The second-order valence-electron chi connectivity index (χ2n) is 4.77. The average molecular weight is 368 g/mol. The van der Waals surface area contributed by atoms with Gasteiger partial charge >= 0.3 is 0 Å². The third-order valence-corrected chi connectivity index (χ3v) is 3.58. The van der Waals surface area contributed by atoms with E-state index < -0.39 is 10.4 Å². The molecule has 2 aromatic rings. The van der Waals surface area contributed by atoms with Crippen LogP contribution in [0.2, 0.25) is 0 Å². The molecule has 25 heavy (non-hydrogen) atoms. The number of hydrogen-bond donors (Lipinski definition) is 0. The number of benzene rings is 1. The van der Waals surface area contributed by atoms with Crippen molar-refractivity contribution in [3.63, 3.8) is 0 Å². The first kappa shape index (κ1) is 20.5. The number of anilines is 1. The van der Waals surface area contributed by atoms with Gasteiger partial charge < -0.3 is 14.0 Å². The minimum absolute atomic E-state index is 0. The highest BCUT2D eigenvalue weighted by molar-refractivity contribution is 7.80. The highest BCUT2D eigenvalue weighted by Gasteiger charge is 2.06. The van der Waals surface area contributed by atoms with Gasteiger partial charge in [0, 0.05) is 33.3 Å². The number of azo groups is 1. The van der Waals surface area contributed by atoms with E-state index in [1.54, 1.807) is 23.7 Å². The predicted octanol–water partition coefficient (Wildman–Crippen LogP) is 1.98. The molecule has 0 aliphatic rings. The quantitative estimate of drug-likeness (QED) is 0.302. The molecule has 1 heterocycles. The van der Waals surface area contributed by atoms with Crippen LogP contribution in [-0.2, 0) is 21.6 Å². The first-order chi connectivity index (χ1) is 11.4. The minimum atomic E-state index is -4.67. The van der Waals surface area contributed by atoms with E-state index in [0.717, 1.165) is 5.69 Å². The second-order valence-corrected chi connectivity index (χ2v) is 5.82. The van der Waals surface area contributed by atoms with Gasteiger partial charge in [-0.3, -0.25) is 4.18 Å². The van der Waals surface area contributed by atoms with Gasteiger partial charge in [-0.25, -0.2) is 8.42 Å². The maximum Gasteiger partial charge on any atom is 0.269 e. The first-order valence-electron chi connectivity index (χ1n) is 7.10. The number of rotatable bonds is 8. The van der Waals surface area contributed by atoms with Crippen molar-refractivity contribution in [1.29, 1.82) is 0 Å². The lowest BCUT2D eigenvalue weighted by atomic mass is 10.2. The van der Waals surface area contributed by atoms with Crippen molar-refractivity contribution >= 4 is 27.7 Å². The lowest BCUT2D eigenvalue weighted by Crippen LogP contribution is -2.27. The Morgan fingerprint density at radius 1 is 1.28 bits per heavy atom. The summed E-state index contributed by atoms with van der Waals surface area (Å²) in [6, 6.07) is 7.17. The zero-order chi connectivity index (χ0) is 17.6. The molecule has 0 atom stereocenters. The van der Waals surface area contributed by atoms with Crippen LogP contribution >= 0.6 is 0 Å². The third-order valence-electron chi connectivity index (χ3n) is 3.13. The molecule has 0 aliphatic heterocycles. The predicted molar refractivity (Wildman–Crippen MR) is 91.6 cm³/mol. The number of nitrogens with zero attached hydrogens (tertiary/aromatic N) is 6. The van der Waals surface area contributed by atoms with Crippen molar-refractivity contribution in [3.8, 4) is 0 Å². The van der Waals surface area contributed by atoms with Crippen LogP contribution in [0.3, 0.4) is 0 Å². The molecule has 136 valence electrons. The molecule has 1 aromatic carbocycles. The second kappa shape index (κ2) is 9.11. The Hall–Kier alpha value is -2.50. The molecular formula is C14H20N6O4S. The van der Waals surface area contributed by atoms with Gasteiger partial charge in [-0.2, -0.15) is 0 Å². The standard InChI is InChI=1S/C13H18N6O4S.CH3/c1-3-19(8-9-23-24(20,21)22)12-6-4-11(5-7-12)15-17-13-16-14-10-18(13)2;/h4-7,10H,3,8-9H2,1-2H3,(H,20,21,22);1H3/q;+1/p-1. The van der Waals surface area contributed by atoms with Crippen LogP contribution in [0.5, 0.6) is 0 Å². The van der Waals surface area contributed by atoms with Crippen LogP contribution in [0.15, 0.2) is 40.8 Å². The summed E-state index contributed by atoms with van der Waals surface area (Å²) in [6.45, 7) is 2.61. The summed E-state index contributed by atoms with van der Waals surface area (Å²) < 4.78 is 37.2. The van der Waals surface area contributed by atoms with E-state index in [1.807, 2.05) is 24.0 Å². The lowest BCUT2D eigenvalue weighted by molar-refractivity contribution is 0.266. The Bertz CT molecular complexity index is 788. The van der Waals surface area contributed by atoms with E-state index >= 15 is 0 Å². The average Bonchev–Trinajstić information content (AvgIpc) is 2.94. The third kappa shape index (κ3) is 6.49. The van der Waals surface area contributed by atoms with Crippen LogP contribution in [-0.4, -0.2) is 47.4 Å². The summed E-state index contributed by atoms with van der Waals surface area (Å²) in [4.78, 5) is 1.87. The number of aryl methyl sites for hydroxylation is 1. The maximum absolute atomic E-state index is 10.4. The van der Waals surface area contributed by atoms with E-state index in [2.05, 4.69) is 24.6 Å². The number of aromatic nitrogens is 3. The molecular weight excluding hydrogens is 348 g/mol. The Morgan fingerprint density at radius 3 is 2.48 bits per heavy atom. The van der Waals surface area contributed by atoms with Crippen LogP contribution in [0.4, 0.5) is 17.3 Å². The molecule has 0 aliphatic carbocycles. The SMILES string of the molecule is CCN(CCOS(=O)(=O)[O-])c1ccc(N=Nc2nncn2C)cc1.[CH3+]. The van der Waals surface area contributed by atoms with Gasteiger partial charge in [0.1, 0.15) is 6.33 Å². The van der Waals surface area contributed by atoms with Crippen LogP contribution < -0.4 is 4.90 Å². The molecule has 0 radical (unpaired) electrons. The Balaban J connectivity index is 0.00000312. The van der Waals surface area contributed by atoms with Crippen molar-refractivity contribution in [2.75, 3.05) is 24.6 Å². The fourth-order valence-electron chi connectivity index (χ4n) is 1.92. The molecule has 0 spiro atoms. The van der Waals surface area contributed by atoms with E-state index in [9.17, 15) is 13.0 Å². The molecule has 0 saturated carbocycles. The van der Waals surface area contributed by atoms with Crippen molar-refractivity contribution < 1.29 is 17.2 Å². The topological polar surface area (TPSA) is 125 Å². The van der Waals surface area contributed by atoms with Gasteiger partial charge in [0.05, 0.1) is 12.3 Å². The zero-order valence-electron chi connectivity index (χ0n) is 14.2. The van der Waals surface area contributed by atoms with Gasteiger partial charge in [-0.1, -0.05) is 0 Å². The fraction of sp³-hybridized carbons (Fsp3) is 0.357.